The number of hydrogen-bond acceptors (Lipinski definition) is 4. The van der Waals surface area contributed by atoms with Gasteiger partial charge in [0, 0.05) is 11.3 Å². The molecule has 0 heterocycles. The van der Waals surface area contributed by atoms with Crippen molar-refractivity contribution in [3.8, 4) is 5.75 Å². The molecule has 156 valence electrons. The van der Waals surface area contributed by atoms with Gasteiger partial charge >= 0.3 is 0 Å². The monoisotopic (exact) mass is 428 g/mol. The lowest BCUT2D eigenvalue weighted by molar-refractivity contribution is 0.102. The van der Waals surface area contributed by atoms with Gasteiger partial charge in [0.25, 0.3) is 15.9 Å². The molecule has 0 aliphatic rings. The van der Waals surface area contributed by atoms with E-state index in [1.807, 2.05) is 0 Å². The van der Waals surface area contributed by atoms with E-state index >= 15 is 0 Å². The summed E-state index contributed by atoms with van der Waals surface area (Å²) in [6.07, 6.45) is 0. The van der Waals surface area contributed by atoms with E-state index in [-0.39, 0.29) is 16.1 Å². The van der Waals surface area contributed by atoms with Gasteiger partial charge < -0.3 is 10.1 Å². The molecular formula is C22H21FN2O4S. The minimum atomic E-state index is -3.95. The van der Waals surface area contributed by atoms with Crippen LogP contribution in [0.15, 0.2) is 65.6 Å². The summed E-state index contributed by atoms with van der Waals surface area (Å²) in [5.74, 6) is -0.591. The standard InChI is InChI=1S/C22H21FN2O4S/c1-14-4-11-19(23)20(12-14)24-22(26)16-6-5-15(2)21(13-16)30(27,28)25-17-7-9-18(29-3)10-8-17/h4-13,25H,1-3H3,(H,24,26). The summed E-state index contributed by atoms with van der Waals surface area (Å²) in [5.41, 5.74) is 1.72. The van der Waals surface area contributed by atoms with Gasteiger partial charge in [0.2, 0.25) is 0 Å². The smallest absolute Gasteiger partial charge is 0.262 e. The van der Waals surface area contributed by atoms with Crippen LogP contribution in [0.2, 0.25) is 0 Å². The van der Waals surface area contributed by atoms with Crippen LogP contribution >= 0.6 is 0 Å². The Morgan fingerprint density at radius 1 is 0.967 bits per heavy atom. The molecule has 0 aromatic heterocycles. The molecule has 8 heteroatoms. The summed E-state index contributed by atoms with van der Waals surface area (Å²) in [4.78, 5) is 12.5. The molecule has 0 saturated carbocycles. The third-order valence-corrected chi connectivity index (χ3v) is 5.98. The minimum absolute atomic E-state index is 0.0290. The van der Waals surface area contributed by atoms with Crippen molar-refractivity contribution in [3.63, 3.8) is 0 Å². The van der Waals surface area contributed by atoms with Crippen molar-refractivity contribution < 1.29 is 22.3 Å². The second-order valence-electron chi connectivity index (χ2n) is 6.75. The Morgan fingerprint density at radius 2 is 1.67 bits per heavy atom. The number of nitrogens with one attached hydrogen (secondary N) is 2. The van der Waals surface area contributed by atoms with Crippen molar-refractivity contribution in [2.75, 3.05) is 17.1 Å². The summed E-state index contributed by atoms with van der Waals surface area (Å²) < 4.78 is 47.2. The van der Waals surface area contributed by atoms with Crippen molar-refractivity contribution >= 4 is 27.3 Å². The van der Waals surface area contributed by atoms with E-state index in [4.69, 9.17) is 4.74 Å². The molecule has 3 aromatic carbocycles. The molecule has 0 saturated heterocycles. The van der Waals surface area contributed by atoms with Gasteiger partial charge in [0.15, 0.2) is 0 Å². The van der Waals surface area contributed by atoms with Crippen molar-refractivity contribution in [3.05, 3.63) is 83.2 Å². The van der Waals surface area contributed by atoms with Crippen LogP contribution in [-0.4, -0.2) is 21.4 Å². The molecule has 0 radical (unpaired) electrons. The first-order chi connectivity index (χ1) is 14.2. The fourth-order valence-corrected chi connectivity index (χ4v) is 4.16. The van der Waals surface area contributed by atoms with Crippen LogP contribution in [0.5, 0.6) is 5.75 Å². The first-order valence-corrected chi connectivity index (χ1v) is 10.5. The van der Waals surface area contributed by atoms with Crippen molar-refractivity contribution in [2.45, 2.75) is 18.7 Å². The summed E-state index contributed by atoms with van der Waals surface area (Å²) in [7, 11) is -2.44. The van der Waals surface area contributed by atoms with E-state index in [0.29, 0.717) is 17.0 Å². The van der Waals surface area contributed by atoms with Crippen LogP contribution in [0.4, 0.5) is 15.8 Å². The molecule has 0 bridgehead atoms. The minimum Gasteiger partial charge on any atom is -0.497 e. The summed E-state index contributed by atoms with van der Waals surface area (Å²) in [5, 5.41) is 2.48. The molecule has 0 aliphatic carbocycles. The second kappa shape index (κ2) is 8.54. The van der Waals surface area contributed by atoms with Gasteiger partial charge in [-0.1, -0.05) is 12.1 Å². The van der Waals surface area contributed by atoms with Crippen molar-refractivity contribution in [1.82, 2.24) is 0 Å². The molecule has 3 aromatic rings. The number of amides is 1. The molecule has 0 aliphatic heterocycles. The van der Waals surface area contributed by atoms with E-state index in [9.17, 15) is 17.6 Å². The number of hydrogen-bond donors (Lipinski definition) is 2. The molecule has 0 fully saturated rings. The molecule has 3 rings (SSSR count). The lowest BCUT2D eigenvalue weighted by Crippen LogP contribution is -2.17. The molecule has 1 amide bonds. The van der Waals surface area contributed by atoms with E-state index in [1.54, 1.807) is 44.2 Å². The number of rotatable bonds is 6. The van der Waals surface area contributed by atoms with Gasteiger partial charge in [-0.25, -0.2) is 12.8 Å². The van der Waals surface area contributed by atoms with E-state index < -0.39 is 21.7 Å². The number of sulfonamides is 1. The van der Waals surface area contributed by atoms with Gasteiger partial charge in [-0.3, -0.25) is 9.52 Å². The van der Waals surface area contributed by atoms with E-state index in [0.717, 1.165) is 5.56 Å². The first-order valence-electron chi connectivity index (χ1n) is 9.04. The zero-order chi connectivity index (χ0) is 21.9. The summed E-state index contributed by atoms with van der Waals surface area (Å²) in [6, 6.07) is 15.0. The SMILES string of the molecule is COc1ccc(NS(=O)(=O)c2cc(C(=O)Nc3cc(C)ccc3F)ccc2C)cc1. The summed E-state index contributed by atoms with van der Waals surface area (Å²) >= 11 is 0. The fourth-order valence-electron chi connectivity index (χ4n) is 2.83. The third-order valence-electron chi connectivity index (χ3n) is 4.45. The zero-order valence-electron chi connectivity index (χ0n) is 16.7. The zero-order valence-corrected chi connectivity index (χ0v) is 17.5. The van der Waals surface area contributed by atoms with Gasteiger partial charge in [-0.15, -0.1) is 0 Å². The van der Waals surface area contributed by atoms with Crippen LogP contribution in [0.1, 0.15) is 21.5 Å². The number of anilines is 2. The Labute approximate surface area is 174 Å². The van der Waals surface area contributed by atoms with Gasteiger partial charge in [0.1, 0.15) is 11.6 Å². The highest BCUT2D eigenvalue weighted by atomic mass is 32.2. The molecule has 0 atom stereocenters. The highest BCUT2D eigenvalue weighted by Crippen LogP contribution is 2.23. The second-order valence-corrected chi connectivity index (χ2v) is 8.40. The largest absolute Gasteiger partial charge is 0.497 e. The Bertz CT molecular complexity index is 1190. The number of carbonyl (C=O) groups excluding carboxylic acids is 1. The van der Waals surface area contributed by atoms with Crippen LogP contribution < -0.4 is 14.8 Å². The fraction of sp³-hybridized carbons (Fsp3) is 0.136. The van der Waals surface area contributed by atoms with Gasteiger partial charge in [-0.2, -0.15) is 0 Å². The van der Waals surface area contributed by atoms with Crippen molar-refractivity contribution in [1.29, 1.82) is 0 Å². The normalized spacial score (nSPS) is 11.1. The van der Waals surface area contributed by atoms with Crippen molar-refractivity contribution in [2.24, 2.45) is 0 Å². The first kappa shape index (κ1) is 21.3. The topological polar surface area (TPSA) is 84.5 Å². The van der Waals surface area contributed by atoms with Gasteiger partial charge in [0.05, 0.1) is 17.7 Å². The predicted molar refractivity (Wildman–Crippen MR) is 114 cm³/mol. The number of methoxy groups -OCH3 is 1. The van der Waals surface area contributed by atoms with Crippen LogP contribution in [0.25, 0.3) is 0 Å². The molecular weight excluding hydrogens is 407 g/mol. The maximum atomic E-state index is 13.9. The molecule has 0 unspecified atom stereocenters. The quantitative estimate of drug-likeness (QED) is 0.605. The van der Waals surface area contributed by atoms with Crippen LogP contribution in [-0.2, 0) is 10.0 Å². The number of ether oxygens (including phenoxy) is 1. The molecule has 2 N–H and O–H groups in total. The highest BCUT2D eigenvalue weighted by Gasteiger charge is 2.20. The Kier molecular flexibility index (Phi) is 6.07. The highest BCUT2D eigenvalue weighted by molar-refractivity contribution is 7.92. The number of halogens is 1. The average Bonchev–Trinajstić information content (AvgIpc) is 2.71. The number of carbonyl (C=O) groups is 1. The Morgan fingerprint density at radius 3 is 2.33 bits per heavy atom. The maximum Gasteiger partial charge on any atom is 0.262 e. The number of benzene rings is 3. The van der Waals surface area contributed by atoms with Crippen LogP contribution in [0.3, 0.4) is 0 Å². The average molecular weight is 428 g/mol. The summed E-state index contributed by atoms with van der Waals surface area (Å²) in [6.45, 7) is 3.40. The lowest BCUT2D eigenvalue weighted by Gasteiger charge is -2.13. The Hall–Kier alpha value is -3.39. The predicted octanol–water partition coefficient (Wildman–Crippen LogP) is 4.50. The van der Waals surface area contributed by atoms with E-state index in [2.05, 4.69) is 10.0 Å². The maximum absolute atomic E-state index is 13.9. The third kappa shape index (κ3) is 4.77. The Balaban J connectivity index is 1.88. The number of aryl methyl sites for hydroxylation is 2. The molecule has 30 heavy (non-hydrogen) atoms. The molecule has 6 nitrogen and oxygen atoms in total. The molecule has 0 spiro atoms. The lowest BCUT2D eigenvalue weighted by atomic mass is 10.1. The van der Waals surface area contributed by atoms with Crippen LogP contribution in [0, 0.1) is 19.7 Å². The van der Waals surface area contributed by atoms with E-state index in [1.165, 1.54) is 37.4 Å². The van der Waals surface area contributed by atoms with Gasteiger partial charge in [-0.05, 0) is 73.5 Å².